The fourth-order valence-electron chi connectivity index (χ4n) is 1.85. The van der Waals surface area contributed by atoms with E-state index < -0.39 is 0 Å². The summed E-state index contributed by atoms with van der Waals surface area (Å²) in [7, 11) is 1.49. The Morgan fingerprint density at radius 2 is 2.45 bits per heavy atom. The lowest BCUT2D eigenvalue weighted by molar-refractivity contribution is 0.0946. The number of carbonyl (C=O) groups excluding carboxylic acids is 1. The predicted molar refractivity (Wildman–Crippen MR) is 75.0 cm³/mol. The fourth-order valence-corrected chi connectivity index (χ4v) is 2.57. The Hall–Kier alpha value is -2.41. The van der Waals surface area contributed by atoms with E-state index in [9.17, 15) is 4.79 Å². The minimum atomic E-state index is -0.230. The van der Waals surface area contributed by atoms with Gasteiger partial charge in [0.05, 0.1) is 19.3 Å². The van der Waals surface area contributed by atoms with Crippen molar-refractivity contribution in [2.75, 3.05) is 7.11 Å². The number of fused-ring (bicyclic) bond motifs is 1. The molecule has 1 N–H and O–H groups in total. The maximum atomic E-state index is 12.1. The number of nitrogens with zero attached hydrogens (tertiary/aromatic N) is 3. The van der Waals surface area contributed by atoms with Crippen LogP contribution in [0.3, 0.4) is 0 Å². The number of thiazole rings is 1. The molecule has 0 unspecified atom stereocenters. The molecule has 0 saturated carbocycles. The Morgan fingerprint density at radius 1 is 1.55 bits per heavy atom. The number of pyridine rings is 1. The quantitative estimate of drug-likeness (QED) is 0.794. The van der Waals surface area contributed by atoms with Gasteiger partial charge in [0.15, 0.2) is 4.96 Å². The van der Waals surface area contributed by atoms with Gasteiger partial charge in [0.25, 0.3) is 5.91 Å². The van der Waals surface area contributed by atoms with Gasteiger partial charge in [0, 0.05) is 24.0 Å². The molecule has 20 heavy (non-hydrogen) atoms. The number of rotatable bonds is 4. The molecular formula is C13H12N4O2S. The molecule has 102 valence electrons. The Bertz CT molecular complexity index is 721. The van der Waals surface area contributed by atoms with Crippen LogP contribution in [0, 0.1) is 0 Å². The number of hydrogen-bond acceptors (Lipinski definition) is 5. The first-order valence-electron chi connectivity index (χ1n) is 5.96. The molecule has 3 rings (SSSR count). The normalized spacial score (nSPS) is 10.7. The van der Waals surface area contributed by atoms with E-state index in [4.69, 9.17) is 4.74 Å². The zero-order chi connectivity index (χ0) is 13.9. The number of imidazole rings is 1. The van der Waals surface area contributed by atoms with Gasteiger partial charge in [-0.05, 0) is 12.1 Å². The molecule has 7 heteroatoms. The van der Waals surface area contributed by atoms with Crippen molar-refractivity contribution in [2.45, 2.75) is 6.54 Å². The molecule has 0 saturated heterocycles. The summed E-state index contributed by atoms with van der Waals surface area (Å²) in [5.41, 5.74) is 1.23. The zero-order valence-corrected chi connectivity index (χ0v) is 11.6. The van der Waals surface area contributed by atoms with E-state index in [1.54, 1.807) is 29.7 Å². The van der Waals surface area contributed by atoms with Crippen LogP contribution in [0.4, 0.5) is 0 Å². The minimum Gasteiger partial charge on any atom is -0.480 e. The Labute approximate surface area is 119 Å². The molecule has 0 aromatic carbocycles. The molecule has 0 fully saturated rings. The van der Waals surface area contributed by atoms with E-state index in [2.05, 4.69) is 15.3 Å². The Kier molecular flexibility index (Phi) is 3.34. The summed E-state index contributed by atoms with van der Waals surface area (Å²) < 4.78 is 6.99. The zero-order valence-electron chi connectivity index (χ0n) is 10.7. The first-order valence-corrected chi connectivity index (χ1v) is 6.84. The number of ether oxygens (including phenoxy) is 1. The smallest absolute Gasteiger partial charge is 0.257 e. The van der Waals surface area contributed by atoms with E-state index in [0.717, 1.165) is 10.7 Å². The van der Waals surface area contributed by atoms with Gasteiger partial charge >= 0.3 is 0 Å². The molecule has 0 atom stereocenters. The fraction of sp³-hybridized carbons (Fsp3) is 0.154. The topological polar surface area (TPSA) is 68.5 Å². The van der Waals surface area contributed by atoms with E-state index >= 15 is 0 Å². The second-order valence-electron chi connectivity index (χ2n) is 4.07. The molecule has 0 radical (unpaired) electrons. The second kappa shape index (κ2) is 5.30. The standard InChI is InChI=1S/C13H12N4O2S/c1-19-12-10(3-2-4-14-12)11(18)15-7-9-8-17-5-6-20-13(17)16-9/h2-6,8H,7H2,1H3,(H,15,18). The lowest BCUT2D eigenvalue weighted by atomic mass is 10.2. The first kappa shape index (κ1) is 12.6. The molecule has 0 bridgehead atoms. The van der Waals surface area contributed by atoms with E-state index in [1.807, 2.05) is 22.2 Å². The average Bonchev–Trinajstić information content (AvgIpc) is 3.05. The van der Waals surface area contributed by atoms with E-state index in [0.29, 0.717) is 18.0 Å². The van der Waals surface area contributed by atoms with Crippen molar-refractivity contribution >= 4 is 22.2 Å². The molecule has 3 aromatic heterocycles. The van der Waals surface area contributed by atoms with Crippen LogP contribution < -0.4 is 10.1 Å². The highest BCUT2D eigenvalue weighted by molar-refractivity contribution is 7.15. The van der Waals surface area contributed by atoms with Crippen LogP contribution in [0.15, 0.2) is 36.1 Å². The lowest BCUT2D eigenvalue weighted by Gasteiger charge is -2.06. The number of carbonyl (C=O) groups is 1. The molecule has 0 aliphatic rings. The van der Waals surface area contributed by atoms with Crippen molar-refractivity contribution in [3.63, 3.8) is 0 Å². The summed E-state index contributed by atoms with van der Waals surface area (Å²) >= 11 is 1.55. The van der Waals surface area contributed by atoms with Crippen LogP contribution >= 0.6 is 11.3 Å². The van der Waals surface area contributed by atoms with Gasteiger partial charge in [-0.25, -0.2) is 9.97 Å². The number of aromatic nitrogens is 3. The summed E-state index contributed by atoms with van der Waals surface area (Å²) in [6.07, 6.45) is 5.41. The van der Waals surface area contributed by atoms with Crippen LogP contribution in [0.5, 0.6) is 5.88 Å². The van der Waals surface area contributed by atoms with Gasteiger partial charge < -0.3 is 10.1 Å². The van der Waals surface area contributed by atoms with Crippen molar-refractivity contribution in [1.29, 1.82) is 0 Å². The van der Waals surface area contributed by atoms with Crippen LogP contribution in [-0.2, 0) is 6.54 Å². The highest BCUT2D eigenvalue weighted by Gasteiger charge is 2.13. The van der Waals surface area contributed by atoms with Gasteiger partial charge in [0.2, 0.25) is 5.88 Å². The van der Waals surface area contributed by atoms with Crippen molar-refractivity contribution in [3.05, 3.63) is 47.4 Å². The predicted octanol–water partition coefficient (Wildman–Crippen LogP) is 1.73. The van der Waals surface area contributed by atoms with Crippen LogP contribution in [0.1, 0.15) is 16.1 Å². The van der Waals surface area contributed by atoms with Crippen molar-refractivity contribution in [3.8, 4) is 5.88 Å². The molecule has 0 spiro atoms. The highest BCUT2D eigenvalue weighted by Crippen LogP contribution is 2.14. The van der Waals surface area contributed by atoms with Gasteiger partial charge in [-0.2, -0.15) is 0 Å². The van der Waals surface area contributed by atoms with Crippen molar-refractivity contribution in [2.24, 2.45) is 0 Å². The monoisotopic (exact) mass is 288 g/mol. The molecular weight excluding hydrogens is 276 g/mol. The second-order valence-corrected chi connectivity index (χ2v) is 4.94. The summed E-state index contributed by atoms with van der Waals surface area (Å²) in [5, 5.41) is 4.77. The summed E-state index contributed by atoms with van der Waals surface area (Å²) in [5.74, 6) is 0.0853. The largest absolute Gasteiger partial charge is 0.480 e. The SMILES string of the molecule is COc1ncccc1C(=O)NCc1cn2ccsc2n1. The van der Waals surface area contributed by atoms with Crippen molar-refractivity contribution < 1.29 is 9.53 Å². The molecule has 6 nitrogen and oxygen atoms in total. The third-order valence-corrected chi connectivity index (χ3v) is 3.55. The first-order chi connectivity index (χ1) is 9.78. The number of amides is 1. The van der Waals surface area contributed by atoms with Crippen LogP contribution in [0.2, 0.25) is 0 Å². The lowest BCUT2D eigenvalue weighted by Crippen LogP contribution is -2.23. The Morgan fingerprint density at radius 3 is 3.25 bits per heavy atom. The molecule has 0 aliphatic heterocycles. The average molecular weight is 288 g/mol. The molecule has 1 amide bonds. The van der Waals surface area contributed by atoms with Gasteiger partial charge in [-0.3, -0.25) is 9.20 Å². The number of methoxy groups -OCH3 is 1. The van der Waals surface area contributed by atoms with E-state index in [-0.39, 0.29) is 5.91 Å². The number of hydrogen-bond donors (Lipinski definition) is 1. The molecule has 0 aliphatic carbocycles. The summed E-state index contributed by atoms with van der Waals surface area (Å²) in [6.45, 7) is 0.366. The van der Waals surface area contributed by atoms with Gasteiger partial charge in [0.1, 0.15) is 5.56 Å². The van der Waals surface area contributed by atoms with Gasteiger partial charge in [-0.15, -0.1) is 11.3 Å². The molecule has 3 aromatic rings. The number of nitrogens with one attached hydrogen (secondary N) is 1. The van der Waals surface area contributed by atoms with Crippen LogP contribution in [-0.4, -0.2) is 27.4 Å². The molecule has 3 heterocycles. The van der Waals surface area contributed by atoms with Crippen LogP contribution in [0.25, 0.3) is 4.96 Å². The van der Waals surface area contributed by atoms with Gasteiger partial charge in [-0.1, -0.05) is 0 Å². The maximum absolute atomic E-state index is 12.1. The van der Waals surface area contributed by atoms with Crippen molar-refractivity contribution in [1.82, 2.24) is 19.7 Å². The Balaban J connectivity index is 1.71. The summed E-state index contributed by atoms with van der Waals surface area (Å²) in [6, 6.07) is 3.37. The minimum absolute atomic E-state index is 0.230. The third kappa shape index (κ3) is 2.35. The summed E-state index contributed by atoms with van der Waals surface area (Å²) in [4.78, 5) is 21.4. The van der Waals surface area contributed by atoms with E-state index in [1.165, 1.54) is 7.11 Å². The third-order valence-electron chi connectivity index (χ3n) is 2.78. The highest BCUT2D eigenvalue weighted by atomic mass is 32.1. The maximum Gasteiger partial charge on any atom is 0.257 e.